The van der Waals surface area contributed by atoms with E-state index in [0.717, 1.165) is 12.1 Å². The van der Waals surface area contributed by atoms with Gasteiger partial charge in [0.25, 0.3) is 0 Å². The van der Waals surface area contributed by atoms with Gasteiger partial charge in [0.15, 0.2) is 0 Å². The summed E-state index contributed by atoms with van der Waals surface area (Å²) in [5.41, 5.74) is 0. The van der Waals surface area contributed by atoms with Crippen molar-refractivity contribution < 1.29 is 32.2 Å². The minimum absolute atomic E-state index is 0.0474. The third kappa shape index (κ3) is 5.21. The molecule has 0 radical (unpaired) electrons. The molecule has 0 saturated heterocycles. The number of benzene rings is 1. The summed E-state index contributed by atoms with van der Waals surface area (Å²) in [6, 6.07) is 4.66. The molecule has 0 N–H and O–H groups in total. The average molecular weight is 250 g/mol. The van der Waals surface area contributed by atoms with Crippen molar-refractivity contribution in [2.45, 2.75) is 6.36 Å². The molecule has 0 heterocycles. The molecule has 0 atom stereocenters. The van der Waals surface area contributed by atoms with E-state index in [-0.39, 0.29) is 12.4 Å². The summed E-state index contributed by atoms with van der Waals surface area (Å²) >= 11 is 0. The van der Waals surface area contributed by atoms with E-state index in [2.05, 4.69) is 9.47 Å². The van der Waals surface area contributed by atoms with Crippen LogP contribution >= 0.6 is 0 Å². The minimum Gasteiger partial charge on any atom is -0.425 e. The Morgan fingerprint density at radius 1 is 1.29 bits per heavy atom. The topological polar surface area (TPSA) is 44.8 Å². The number of carbonyl (C=O) groups excluding carboxylic acids is 1. The molecule has 94 valence electrons. The maximum atomic E-state index is 11.9. The van der Waals surface area contributed by atoms with Gasteiger partial charge in [-0.05, 0) is 12.1 Å². The highest BCUT2D eigenvalue weighted by Crippen LogP contribution is 2.25. The zero-order valence-corrected chi connectivity index (χ0v) is 8.78. The number of rotatable bonds is 4. The van der Waals surface area contributed by atoms with Crippen LogP contribution in [-0.2, 0) is 9.53 Å². The van der Waals surface area contributed by atoms with Crippen LogP contribution in [0.1, 0.15) is 0 Å². The molecule has 0 aliphatic rings. The van der Waals surface area contributed by atoms with E-state index in [9.17, 15) is 18.0 Å². The van der Waals surface area contributed by atoms with Crippen molar-refractivity contribution in [3.63, 3.8) is 0 Å². The lowest BCUT2D eigenvalue weighted by atomic mass is 10.3. The van der Waals surface area contributed by atoms with Crippen LogP contribution in [-0.4, -0.2) is 26.0 Å². The Morgan fingerprint density at radius 3 is 2.53 bits per heavy atom. The van der Waals surface area contributed by atoms with Crippen LogP contribution in [0.3, 0.4) is 0 Å². The molecule has 0 aliphatic carbocycles. The predicted molar refractivity (Wildman–Crippen MR) is 50.6 cm³/mol. The predicted octanol–water partition coefficient (Wildman–Crippen LogP) is 2.14. The number of methoxy groups -OCH3 is 1. The van der Waals surface area contributed by atoms with Gasteiger partial charge in [0, 0.05) is 13.2 Å². The van der Waals surface area contributed by atoms with Crippen molar-refractivity contribution in [1.82, 2.24) is 0 Å². The molecule has 0 unspecified atom stereocenters. The second-order valence-electron chi connectivity index (χ2n) is 2.93. The Hall–Kier alpha value is -1.76. The standard InChI is InChI=1S/C10H9F3O4/c1-15-6-9(14)16-7-3-2-4-8(5-7)17-10(11,12)13/h2-5H,6H2,1H3. The van der Waals surface area contributed by atoms with Crippen LogP contribution in [0.2, 0.25) is 0 Å². The second-order valence-corrected chi connectivity index (χ2v) is 2.93. The molecule has 1 aromatic carbocycles. The lowest BCUT2D eigenvalue weighted by molar-refractivity contribution is -0.274. The van der Waals surface area contributed by atoms with Crippen molar-refractivity contribution in [1.29, 1.82) is 0 Å². The number of ether oxygens (including phenoxy) is 3. The highest BCUT2D eigenvalue weighted by molar-refractivity contribution is 5.73. The summed E-state index contributed by atoms with van der Waals surface area (Å²) in [6.07, 6.45) is -4.78. The molecule has 0 amide bonds. The van der Waals surface area contributed by atoms with Crippen LogP contribution in [0.5, 0.6) is 11.5 Å². The van der Waals surface area contributed by atoms with Crippen LogP contribution < -0.4 is 9.47 Å². The third-order valence-corrected chi connectivity index (χ3v) is 1.53. The fraction of sp³-hybridized carbons (Fsp3) is 0.300. The van der Waals surface area contributed by atoms with E-state index in [1.807, 2.05) is 0 Å². The van der Waals surface area contributed by atoms with E-state index in [0.29, 0.717) is 0 Å². The molecule has 1 aromatic rings. The van der Waals surface area contributed by atoms with E-state index >= 15 is 0 Å². The van der Waals surface area contributed by atoms with Gasteiger partial charge in [-0.15, -0.1) is 13.2 Å². The van der Waals surface area contributed by atoms with Crippen LogP contribution in [0.4, 0.5) is 13.2 Å². The largest absolute Gasteiger partial charge is 0.573 e. The van der Waals surface area contributed by atoms with Crippen molar-refractivity contribution >= 4 is 5.97 Å². The first kappa shape index (κ1) is 13.3. The minimum atomic E-state index is -4.78. The van der Waals surface area contributed by atoms with E-state index in [1.54, 1.807) is 0 Å². The van der Waals surface area contributed by atoms with Gasteiger partial charge in [0.1, 0.15) is 18.1 Å². The first-order chi connectivity index (χ1) is 7.90. The Bertz CT molecular complexity index is 389. The maximum Gasteiger partial charge on any atom is 0.573 e. The monoisotopic (exact) mass is 250 g/mol. The number of hydrogen-bond donors (Lipinski definition) is 0. The zero-order chi connectivity index (χ0) is 12.9. The van der Waals surface area contributed by atoms with Crippen molar-refractivity contribution in [3.8, 4) is 11.5 Å². The van der Waals surface area contributed by atoms with Crippen molar-refractivity contribution in [2.24, 2.45) is 0 Å². The molecule has 1 rings (SSSR count). The summed E-state index contributed by atoms with van der Waals surface area (Å²) in [4.78, 5) is 11.0. The van der Waals surface area contributed by atoms with Gasteiger partial charge in [0.2, 0.25) is 0 Å². The van der Waals surface area contributed by atoms with Crippen LogP contribution in [0.25, 0.3) is 0 Å². The number of halogens is 3. The SMILES string of the molecule is COCC(=O)Oc1cccc(OC(F)(F)F)c1. The fourth-order valence-corrected chi connectivity index (χ4v) is 1.01. The van der Waals surface area contributed by atoms with Gasteiger partial charge >= 0.3 is 12.3 Å². The molecule has 0 aliphatic heterocycles. The molecule has 0 fully saturated rings. The second kappa shape index (κ2) is 5.53. The van der Waals surface area contributed by atoms with Gasteiger partial charge in [-0.3, -0.25) is 0 Å². The zero-order valence-electron chi connectivity index (χ0n) is 8.78. The maximum absolute atomic E-state index is 11.9. The molecule has 4 nitrogen and oxygen atoms in total. The number of carbonyl (C=O) groups is 1. The highest BCUT2D eigenvalue weighted by atomic mass is 19.4. The summed E-state index contributed by atoms with van der Waals surface area (Å²) in [5, 5.41) is 0. The Morgan fingerprint density at radius 2 is 1.94 bits per heavy atom. The molecule has 0 bridgehead atoms. The van der Waals surface area contributed by atoms with Gasteiger partial charge in [-0.25, -0.2) is 4.79 Å². The normalized spacial score (nSPS) is 11.1. The Kier molecular flexibility index (Phi) is 4.33. The smallest absolute Gasteiger partial charge is 0.425 e. The van der Waals surface area contributed by atoms with Crippen LogP contribution in [0.15, 0.2) is 24.3 Å². The summed E-state index contributed by atoms with van der Waals surface area (Å²) < 4.78 is 48.6. The summed E-state index contributed by atoms with van der Waals surface area (Å²) in [5.74, 6) is -1.22. The first-order valence-corrected chi connectivity index (χ1v) is 4.46. The first-order valence-electron chi connectivity index (χ1n) is 4.46. The molecule has 7 heteroatoms. The highest BCUT2D eigenvalue weighted by Gasteiger charge is 2.31. The van der Waals surface area contributed by atoms with Gasteiger partial charge in [0.05, 0.1) is 0 Å². The summed E-state index contributed by atoms with van der Waals surface area (Å²) in [7, 11) is 1.30. The van der Waals surface area contributed by atoms with Crippen molar-refractivity contribution in [2.75, 3.05) is 13.7 Å². The lowest BCUT2D eigenvalue weighted by Crippen LogP contribution is -2.17. The molecule has 17 heavy (non-hydrogen) atoms. The van der Waals surface area contributed by atoms with Gasteiger partial charge in [-0.2, -0.15) is 0 Å². The number of alkyl halides is 3. The van der Waals surface area contributed by atoms with Gasteiger partial charge < -0.3 is 14.2 Å². The van der Waals surface area contributed by atoms with E-state index < -0.39 is 18.1 Å². The Balaban J connectivity index is 2.69. The Labute approximate surface area is 94.9 Å². The lowest BCUT2D eigenvalue weighted by Gasteiger charge is -2.09. The number of hydrogen-bond acceptors (Lipinski definition) is 4. The molecule has 0 spiro atoms. The molecule has 0 saturated carbocycles. The molecular weight excluding hydrogens is 241 g/mol. The van der Waals surface area contributed by atoms with E-state index in [1.165, 1.54) is 19.2 Å². The van der Waals surface area contributed by atoms with Crippen molar-refractivity contribution in [3.05, 3.63) is 24.3 Å². The molecule has 0 aromatic heterocycles. The summed E-state index contributed by atoms with van der Waals surface area (Å²) in [6.45, 7) is -0.287. The number of esters is 1. The quantitative estimate of drug-likeness (QED) is 0.606. The average Bonchev–Trinajstić information content (AvgIpc) is 2.15. The molecular formula is C10H9F3O4. The third-order valence-electron chi connectivity index (χ3n) is 1.53. The van der Waals surface area contributed by atoms with Gasteiger partial charge in [-0.1, -0.05) is 6.07 Å². The van der Waals surface area contributed by atoms with E-state index in [4.69, 9.17) is 4.74 Å². The van der Waals surface area contributed by atoms with Crippen LogP contribution in [0, 0.1) is 0 Å². The fourth-order valence-electron chi connectivity index (χ4n) is 1.01.